The first-order valence-electron chi connectivity index (χ1n) is 11.4. The minimum absolute atomic E-state index is 0.0636. The average Bonchev–Trinajstić information content (AvgIpc) is 3.39. The number of carbonyl (C=O) groups excluding carboxylic acids is 4. The topological polar surface area (TPSA) is 84.0 Å². The number of para-hydroxylation sites is 1. The van der Waals surface area contributed by atoms with Crippen LogP contribution < -0.4 is 14.5 Å². The van der Waals surface area contributed by atoms with Gasteiger partial charge in [-0.3, -0.25) is 19.2 Å². The lowest BCUT2D eigenvalue weighted by molar-refractivity contribution is -0.139. The van der Waals surface area contributed by atoms with Gasteiger partial charge in [-0.15, -0.1) is 0 Å². The summed E-state index contributed by atoms with van der Waals surface area (Å²) in [6, 6.07) is 12.2. The standard InChI is InChI=1S/C27H18Br4N2O5/c1-12-5-3-4-6-16(12)32-11-14(10-18(32)34)27(37)38-15-7-8-17(13(2)9-15)33-25(35)19-20(26(33)36)22(29)24(31)23(30)21(19)28/h3-9,14H,10-11H2,1-2H3/t14-/m1/s1. The van der Waals surface area contributed by atoms with Gasteiger partial charge in [0.2, 0.25) is 5.91 Å². The molecule has 2 heterocycles. The van der Waals surface area contributed by atoms with E-state index in [0.717, 1.165) is 16.2 Å². The molecule has 1 fully saturated rings. The van der Waals surface area contributed by atoms with Crippen LogP contribution in [0.4, 0.5) is 11.4 Å². The van der Waals surface area contributed by atoms with Crippen molar-refractivity contribution < 1.29 is 23.9 Å². The number of hydrogen-bond donors (Lipinski definition) is 0. The number of aryl methyl sites for hydroxylation is 2. The van der Waals surface area contributed by atoms with E-state index in [1.807, 2.05) is 31.2 Å². The number of carbonyl (C=O) groups is 4. The zero-order chi connectivity index (χ0) is 27.5. The van der Waals surface area contributed by atoms with Crippen LogP contribution in [-0.2, 0) is 9.59 Å². The van der Waals surface area contributed by atoms with Gasteiger partial charge in [0, 0.05) is 36.5 Å². The number of esters is 1. The van der Waals surface area contributed by atoms with Gasteiger partial charge in [0.15, 0.2) is 0 Å². The molecule has 1 atom stereocenters. The Hall–Kier alpha value is -2.34. The van der Waals surface area contributed by atoms with E-state index in [1.54, 1.807) is 24.0 Å². The first-order chi connectivity index (χ1) is 18.0. The monoisotopic (exact) mass is 766 g/mol. The molecule has 0 spiro atoms. The molecule has 38 heavy (non-hydrogen) atoms. The summed E-state index contributed by atoms with van der Waals surface area (Å²) in [5, 5.41) is 0. The molecule has 3 aromatic rings. The van der Waals surface area contributed by atoms with Crippen LogP contribution in [0.25, 0.3) is 0 Å². The smallest absolute Gasteiger partial charge is 0.316 e. The number of hydrogen-bond acceptors (Lipinski definition) is 5. The number of anilines is 2. The number of imide groups is 1. The molecule has 0 N–H and O–H groups in total. The van der Waals surface area contributed by atoms with E-state index >= 15 is 0 Å². The minimum atomic E-state index is -0.607. The van der Waals surface area contributed by atoms with Gasteiger partial charge in [-0.25, -0.2) is 4.90 Å². The Kier molecular flexibility index (Phi) is 7.40. The van der Waals surface area contributed by atoms with Crippen LogP contribution in [0, 0.1) is 19.8 Å². The number of ether oxygens (including phenoxy) is 1. The van der Waals surface area contributed by atoms with Crippen molar-refractivity contribution in [2.24, 2.45) is 5.92 Å². The third kappa shape index (κ3) is 4.47. The maximum atomic E-state index is 13.3. The molecule has 0 aromatic heterocycles. The maximum Gasteiger partial charge on any atom is 0.316 e. The van der Waals surface area contributed by atoms with Crippen molar-refractivity contribution in [3.63, 3.8) is 0 Å². The molecule has 3 aromatic carbocycles. The summed E-state index contributed by atoms with van der Waals surface area (Å²) in [7, 11) is 0. The normalized spacial score (nSPS) is 16.9. The van der Waals surface area contributed by atoms with Gasteiger partial charge in [-0.1, -0.05) is 18.2 Å². The molecule has 3 amide bonds. The Bertz CT molecular complexity index is 1520. The fourth-order valence-corrected chi connectivity index (χ4v) is 7.13. The summed E-state index contributed by atoms with van der Waals surface area (Å²) in [5.41, 5.74) is 3.18. The first kappa shape index (κ1) is 27.2. The molecular weight excluding hydrogens is 752 g/mol. The van der Waals surface area contributed by atoms with E-state index in [-0.39, 0.29) is 35.7 Å². The predicted molar refractivity (Wildman–Crippen MR) is 157 cm³/mol. The molecule has 0 saturated carbocycles. The Labute approximate surface area is 252 Å². The van der Waals surface area contributed by atoms with Crippen LogP contribution in [0.15, 0.2) is 60.4 Å². The van der Waals surface area contributed by atoms with Crippen molar-refractivity contribution >= 4 is 98.8 Å². The molecule has 2 aliphatic rings. The van der Waals surface area contributed by atoms with Crippen molar-refractivity contribution in [1.29, 1.82) is 0 Å². The highest BCUT2D eigenvalue weighted by Gasteiger charge is 2.42. The van der Waals surface area contributed by atoms with Crippen molar-refractivity contribution in [3.05, 3.63) is 82.6 Å². The van der Waals surface area contributed by atoms with Gasteiger partial charge in [0.25, 0.3) is 11.8 Å². The molecular formula is C27H18Br4N2O5. The fraction of sp³-hybridized carbons (Fsp3) is 0.185. The van der Waals surface area contributed by atoms with E-state index in [2.05, 4.69) is 63.7 Å². The molecule has 5 rings (SSSR count). The summed E-state index contributed by atoms with van der Waals surface area (Å²) in [4.78, 5) is 54.9. The van der Waals surface area contributed by atoms with Crippen molar-refractivity contribution in [1.82, 2.24) is 0 Å². The van der Waals surface area contributed by atoms with Crippen molar-refractivity contribution in [2.45, 2.75) is 20.3 Å². The number of halogens is 4. The van der Waals surface area contributed by atoms with Gasteiger partial charge in [-0.2, -0.15) is 0 Å². The lowest BCUT2D eigenvalue weighted by atomic mass is 10.1. The summed E-state index contributed by atoms with van der Waals surface area (Å²) < 4.78 is 7.77. The highest BCUT2D eigenvalue weighted by molar-refractivity contribution is 9.15. The van der Waals surface area contributed by atoms with Crippen molar-refractivity contribution in [2.75, 3.05) is 16.3 Å². The highest BCUT2D eigenvalue weighted by Crippen LogP contribution is 2.46. The predicted octanol–water partition coefficient (Wildman–Crippen LogP) is 7.11. The maximum absolute atomic E-state index is 13.3. The second-order valence-electron chi connectivity index (χ2n) is 9.01. The van der Waals surface area contributed by atoms with Crippen LogP contribution in [0.1, 0.15) is 38.3 Å². The number of benzene rings is 3. The molecule has 0 bridgehead atoms. The summed E-state index contributed by atoms with van der Waals surface area (Å²) >= 11 is 13.7. The SMILES string of the molecule is Cc1ccccc1N1C[C@H](C(=O)Oc2ccc(N3C(=O)c4c(Br)c(Br)c(Br)c(Br)c4C3=O)c(C)c2)CC1=O. The Morgan fingerprint density at radius 2 is 1.42 bits per heavy atom. The van der Waals surface area contributed by atoms with E-state index < -0.39 is 23.7 Å². The molecule has 0 radical (unpaired) electrons. The number of nitrogens with zero attached hydrogens (tertiary/aromatic N) is 2. The first-order valence-corrected chi connectivity index (χ1v) is 14.6. The van der Waals surface area contributed by atoms with Crippen LogP contribution in [0.3, 0.4) is 0 Å². The van der Waals surface area contributed by atoms with Gasteiger partial charge in [0.05, 0.1) is 22.7 Å². The largest absolute Gasteiger partial charge is 0.426 e. The zero-order valence-electron chi connectivity index (χ0n) is 20.0. The second-order valence-corrected chi connectivity index (χ2v) is 12.2. The Balaban J connectivity index is 1.36. The van der Waals surface area contributed by atoms with Gasteiger partial charge < -0.3 is 9.64 Å². The van der Waals surface area contributed by atoms with Crippen LogP contribution in [0.2, 0.25) is 0 Å². The molecule has 2 aliphatic heterocycles. The summed E-state index contributed by atoms with van der Waals surface area (Å²) in [6.07, 6.45) is 0.0636. The van der Waals surface area contributed by atoms with E-state index in [9.17, 15) is 19.2 Å². The highest BCUT2D eigenvalue weighted by atomic mass is 79.9. The van der Waals surface area contributed by atoms with Gasteiger partial charge >= 0.3 is 5.97 Å². The third-order valence-corrected chi connectivity index (χ3v) is 11.4. The lowest BCUT2D eigenvalue weighted by Crippen LogP contribution is -2.30. The Morgan fingerprint density at radius 3 is 2.00 bits per heavy atom. The van der Waals surface area contributed by atoms with Crippen LogP contribution in [0.5, 0.6) is 5.75 Å². The second kappa shape index (κ2) is 10.3. The molecule has 0 aliphatic carbocycles. The van der Waals surface area contributed by atoms with E-state index in [4.69, 9.17) is 4.74 Å². The molecule has 194 valence electrons. The quantitative estimate of drug-likeness (QED) is 0.0930. The van der Waals surface area contributed by atoms with Gasteiger partial charge in [0.1, 0.15) is 5.75 Å². The van der Waals surface area contributed by atoms with Crippen LogP contribution >= 0.6 is 63.7 Å². The number of rotatable bonds is 4. The molecule has 1 saturated heterocycles. The molecule has 0 unspecified atom stereocenters. The van der Waals surface area contributed by atoms with Crippen LogP contribution in [-0.4, -0.2) is 30.2 Å². The molecule has 7 nitrogen and oxygen atoms in total. The zero-order valence-corrected chi connectivity index (χ0v) is 26.3. The lowest BCUT2D eigenvalue weighted by Gasteiger charge is -2.19. The van der Waals surface area contributed by atoms with Gasteiger partial charge in [-0.05, 0) is 113 Å². The third-order valence-electron chi connectivity index (χ3n) is 6.59. The van der Waals surface area contributed by atoms with Crippen molar-refractivity contribution in [3.8, 4) is 5.75 Å². The summed E-state index contributed by atoms with van der Waals surface area (Å²) in [5.74, 6) is -1.93. The fourth-order valence-electron chi connectivity index (χ4n) is 4.67. The van der Waals surface area contributed by atoms with E-state index in [0.29, 0.717) is 29.1 Å². The average molecular weight is 770 g/mol. The number of fused-ring (bicyclic) bond motifs is 1. The van der Waals surface area contributed by atoms with E-state index in [1.165, 1.54) is 6.07 Å². The molecule has 11 heteroatoms. The number of amides is 3. The summed E-state index contributed by atoms with van der Waals surface area (Å²) in [6.45, 7) is 3.89. The minimum Gasteiger partial charge on any atom is -0.426 e. The Morgan fingerprint density at radius 1 is 0.816 bits per heavy atom.